The molecule has 0 aliphatic rings. The van der Waals surface area contributed by atoms with Gasteiger partial charge in [-0.05, 0) is 13.8 Å². The van der Waals surface area contributed by atoms with E-state index in [9.17, 15) is 9.59 Å². The first kappa shape index (κ1) is 14.1. The maximum Gasteiger partial charge on any atom is 0.509 e. The standard InChI is InChI=1S/C10H14O6/c1-7(15-9(11)13-3)5-6-8(2)16-10(12)14-4/h7-8H,1-4H3. The highest BCUT2D eigenvalue weighted by molar-refractivity contribution is 5.60. The van der Waals surface area contributed by atoms with Crippen LogP contribution in [-0.2, 0) is 18.9 Å². The molecule has 0 bridgehead atoms. The number of hydrogen-bond donors (Lipinski definition) is 0. The van der Waals surface area contributed by atoms with E-state index in [4.69, 9.17) is 0 Å². The summed E-state index contributed by atoms with van der Waals surface area (Å²) in [6.45, 7) is 3.13. The van der Waals surface area contributed by atoms with Crippen molar-refractivity contribution in [1.29, 1.82) is 0 Å². The molecule has 0 saturated heterocycles. The maximum absolute atomic E-state index is 10.7. The van der Waals surface area contributed by atoms with Crippen molar-refractivity contribution in [3.8, 4) is 11.8 Å². The predicted octanol–water partition coefficient (Wildman–Crippen LogP) is 1.33. The summed E-state index contributed by atoms with van der Waals surface area (Å²) in [4.78, 5) is 21.3. The number of hydrogen-bond acceptors (Lipinski definition) is 6. The van der Waals surface area contributed by atoms with E-state index in [0.29, 0.717) is 0 Å². The Hall–Kier alpha value is -1.90. The molecule has 0 N–H and O–H groups in total. The molecule has 6 nitrogen and oxygen atoms in total. The van der Waals surface area contributed by atoms with Crippen LogP contribution in [0, 0.1) is 11.8 Å². The molecule has 16 heavy (non-hydrogen) atoms. The molecule has 0 aliphatic carbocycles. The first-order valence-corrected chi connectivity index (χ1v) is 4.49. The van der Waals surface area contributed by atoms with Gasteiger partial charge in [0.15, 0.2) is 12.2 Å². The third-order valence-corrected chi connectivity index (χ3v) is 1.37. The fourth-order valence-electron chi connectivity index (χ4n) is 0.679. The zero-order valence-electron chi connectivity index (χ0n) is 9.60. The molecular weight excluding hydrogens is 216 g/mol. The van der Waals surface area contributed by atoms with Gasteiger partial charge in [-0.15, -0.1) is 0 Å². The molecule has 0 radical (unpaired) electrons. The predicted molar refractivity (Wildman–Crippen MR) is 53.7 cm³/mol. The van der Waals surface area contributed by atoms with Gasteiger partial charge in [0.1, 0.15) is 0 Å². The van der Waals surface area contributed by atoms with Crippen molar-refractivity contribution in [3.63, 3.8) is 0 Å². The first-order chi connectivity index (χ1) is 7.49. The van der Waals surface area contributed by atoms with Crippen LogP contribution in [0.5, 0.6) is 0 Å². The average molecular weight is 230 g/mol. The Morgan fingerprint density at radius 2 is 1.19 bits per heavy atom. The molecular formula is C10H14O6. The number of ether oxygens (including phenoxy) is 4. The van der Waals surface area contributed by atoms with Crippen LogP contribution in [0.1, 0.15) is 13.8 Å². The second-order valence-electron chi connectivity index (χ2n) is 2.72. The molecule has 0 fully saturated rings. The number of rotatable bonds is 2. The van der Waals surface area contributed by atoms with E-state index < -0.39 is 24.5 Å². The normalized spacial score (nSPS) is 12.5. The summed E-state index contributed by atoms with van der Waals surface area (Å²) in [6, 6.07) is 0. The molecule has 0 aromatic heterocycles. The molecule has 6 heteroatoms. The first-order valence-electron chi connectivity index (χ1n) is 4.49. The second kappa shape index (κ2) is 7.40. The molecule has 0 rings (SSSR count). The molecule has 0 aliphatic heterocycles. The number of methoxy groups -OCH3 is 2. The van der Waals surface area contributed by atoms with Crippen molar-refractivity contribution in [2.45, 2.75) is 26.1 Å². The summed E-state index contributed by atoms with van der Waals surface area (Å²) >= 11 is 0. The lowest BCUT2D eigenvalue weighted by Gasteiger charge is -2.07. The van der Waals surface area contributed by atoms with Crippen LogP contribution in [0.3, 0.4) is 0 Å². The van der Waals surface area contributed by atoms with Crippen LogP contribution in [0.25, 0.3) is 0 Å². The van der Waals surface area contributed by atoms with Crippen LogP contribution in [0.2, 0.25) is 0 Å². The van der Waals surface area contributed by atoms with Gasteiger partial charge in [-0.25, -0.2) is 9.59 Å². The van der Waals surface area contributed by atoms with Gasteiger partial charge in [-0.2, -0.15) is 0 Å². The topological polar surface area (TPSA) is 71.1 Å². The molecule has 0 amide bonds. The molecule has 0 heterocycles. The van der Waals surface area contributed by atoms with Gasteiger partial charge in [-0.1, -0.05) is 11.8 Å². The van der Waals surface area contributed by atoms with Crippen molar-refractivity contribution in [1.82, 2.24) is 0 Å². The van der Waals surface area contributed by atoms with E-state index in [1.54, 1.807) is 13.8 Å². The quantitative estimate of drug-likeness (QED) is 0.526. The Bertz CT molecular complexity index is 272. The minimum Gasteiger partial charge on any atom is -0.438 e. The van der Waals surface area contributed by atoms with Crippen molar-refractivity contribution >= 4 is 12.3 Å². The molecule has 0 spiro atoms. The Balaban J connectivity index is 4.07. The van der Waals surface area contributed by atoms with Crippen molar-refractivity contribution in [2.75, 3.05) is 14.2 Å². The number of carbonyl (C=O) groups is 2. The van der Waals surface area contributed by atoms with Gasteiger partial charge < -0.3 is 18.9 Å². The summed E-state index contributed by atoms with van der Waals surface area (Å²) < 4.78 is 17.9. The molecule has 90 valence electrons. The summed E-state index contributed by atoms with van der Waals surface area (Å²) in [7, 11) is 2.40. The summed E-state index contributed by atoms with van der Waals surface area (Å²) in [5, 5.41) is 0. The number of carbonyl (C=O) groups excluding carboxylic acids is 2. The van der Waals surface area contributed by atoms with Gasteiger partial charge in [-0.3, -0.25) is 0 Å². The largest absolute Gasteiger partial charge is 0.509 e. The van der Waals surface area contributed by atoms with E-state index >= 15 is 0 Å². The third-order valence-electron chi connectivity index (χ3n) is 1.37. The van der Waals surface area contributed by atoms with E-state index in [1.807, 2.05) is 0 Å². The average Bonchev–Trinajstić information content (AvgIpc) is 2.26. The zero-order chi connectivity index (χ0) is 12.6. The molecule has 0 saturated carbocycles. The smallest absolute Gasteiger partial charge is 0.438 e. The maximum atomic E-state index is 10.7. The summed E-state index contributed by atoms with van der Waals surface area (Å²) in [5.41, 5.74) is 0. The van der Waals surface area contributed by atoms with Crippen molar-refractivity contribution < 1.29 is 28.5 Å². The van der Waals surface area contributed by atoms with Crippen LogP contribution < -0.4 is 0 Å². The van der Waals surface area contributed by atoms with Crippen molar-refractivity contribution in [2.24, 2.45) is 0 Å². The fourth-order valence-corrected chi connectivity index (χ4v) is 0.679. The zero-order valence-corrected chi connectivity index (χ0v) is 9.60. The van der Waals surface area contributed by atoms with Crippen LogP contribution >= 0.6 is 0 Å². The molecule has 0 aromatic carbocycles. The fraction of sp³-hybridized carbons (Fsp3) is 0.600. The van der Waals surface area contributed by atoms with Gasteiger partial charge >= 0.3 is 12.3 Å². The SMILES string of the molecule is COC(=O)OC(C)C#CC(C)OC(=O)OC. The minimum absolute atomic E-state index is 0.642. The highest BCUT2D eigenvalue weighted by Crippen LogP contribution is 1.95. The Morgan fingerprint density at radius 3 is 1.44 bits per heavy atom. The van der Waals surface area contributed by atoms with Gasteiger partial charge in [0, 0.05) is 0 Å². The lowest BCUT2D eigenvalue weighted by Crippen LogP contribution is -2.15. The van der Waals surface area contributed by atoms with Crippen LogP contribution in [0.15, 0.2) is 0 Å². The molecule has 2 unspecified atom stereocenters. The Morgan fingerprint density at radius 1 is 0.875 bits per heavy atom. The summed E-state index contributed by atoms with van der Waals surface area (Å²) in [5.74, 6) is 5.14. The lowest BCUT2D eigenvalue weighted by molar-refractivity contribution is 0.0565. The highest BCUT2D eigenvalue weighted by atomic mass is 16.7. The van der Waals surface area contributed by atoms with Gasteiger partial charge in [0.2, 0.25) is 0 Å². The van der Waals surface area contributed by atoms with Gasteiger partial charge in [0.25, 0.3) is 0 Å². The van der Waals surface area contributed by atoms with Gasteiger partial charge in [0.05, 0.1) is 14.2 Å². The molecule has 0 aromatic rings. The van der Waals surface area contributed by atoms with Crippen LogP contribution in [-0.4, -0.2) is 38.7 Å². The van der Waals surface area contributed by atoms with Crippen molar-refractivity contribution in [3.05, 3.63) is 0 Å². The highest BCUT2D eigenvalue weighted by Gasteiger charge is 2.08. The molecule has 2 atom stereocenters. The van der Waals surface area contributed by atoms with Crippen LogP contribution in [0.4, 0.5) is 9.59 Å². The summed E-state index contributed by atoms with van der Waals surface area (Å²) in [6.07, 6.45) is -2.92. The minimum atomic E-state index is -0.816. The Kier molecular flexibility index (Phi) is 6.52. The lowest BCUT2D eigenvalue weighted by atomic mass is 10.3. The van der Waals surface area contributed by atoms with E-state index in [0.717, 1.165) is 0 Å². The Labute approximate surface area is 93.8 Å². The van der Waals surface area contributed by atoms with E-state index in [1.165, 1.54) is 14.2 Å². The van der Waals surface area contributed by atoms with E-state index in [2.05, 4.69) is 30.8 Å². The van der Waals surface area contributed by atoms with E-state index in [-0.39, 0.29) is 0 Å². The monoisotopic (exact) mass is 230 g/mol. The second-order valence-corrected chi connectivity index (χ2v) is 2.72. The third kappa shape index (κ3) is 6.54.